The molecular weight excluding hydrogens is 196 g/mol. The molecule has 1 heterocycles. The molecule has 0 amide bonds. The molecule has 0 unspecified atom stereocenters. The van der Waals surface area contributed by atoms with Gasteiger partial charge in [0.2, 0.25) is 0 Å². The third-order valence-corrected chi connectivity index (χ3v) is 2.68. The Morgan fingerprint density at radius 1 is 1.67 bits per heavy atom. The monoisotopic (exact) mass is 202 g/mol. The molecule has 0 saturated heterocycles. The number of carbonyl (C=O) groups is 1. The SMILES string of the molecule is Cc1ccc(/C(Cl)=C/C(=O)O)s1. The van der Waals surface area contributed by atoms with Gasteiger partial charge in [-0.05, 0) is 19.1 Å². The van der Waals surface area contributed by atoms with Crippen molar-refractivity contribution < 1.29 is 9.90 Å². The van der Waals surface area contributed by atoms with Crippen LogP contribution in [-0.4, -0.2) is 11.1 Å². The normalized spacial score (nSPS) is 11.7. The van der Waals surface area contributed by atoms with E-state index in [0.717, 1.165) is 15.8 Å². The molecule has 2 nitrogen and oxygen atoms in total. The van der Waals surface area contributed by atoms with E-state index in [1.807, 2.05) is 19.1 Å². The number of hydrogen-bond donors (Lipinski definition) is 1. The molecule has 0 aliphatic carbocycles. The largest absolute Gasteiger partial charge is 0.478 e. The van der Waals surface area contributed by atoms with E-state index in [-0.39, 0.29) is 5.03 Å². The van der Waals surface area contributed by atoms with Gasteiger partial charge in [-0.15, -0.1) is 11.3 Å². The summed E-state index contributed by atoms with van der Waals surface area (Å²) in [4.78, 5) is 12.1. The summed E-state index contributed by atoms with van der Waals surface area (Å²) >= 11 is 7.18. The maximum absolute atomic E-state index is 10.2. The molecule has 1 N–H and O–H groups in total. The molecule has 1 aromatic rings. The van der Waals surface area contributed by atoms with Gasteiger partial charge in [-0.2, -0.15) is 0 Å². The summed E-state index contributed by atoms with van der Waals surface area (Å²) in [6.45, 7) is 1.94. The second-order valence-corrected chi connectivity index (χ2v) is 3.94. The van der Waals surface area contributed by atoms with Gasteiger partial charge in [0.25, 0.3) is 0 Å². The number of rotatable bonds is 2. The third-order valence-electron chi connectivity index (χ3n) is 1.23. The van der Waals surface area contributed by atoms with Crippen LogP contribution < -0.4 is 0 Å². The van der Waals surface area contributed by atoms with Gasteiger partial charge in [-0.1, -0.05) is 11.6 Å². The molecule has 4 heteroatoms. The van der Waals surface area contributed by atoms with Gasteiger partial charge in [-0.3, -0.25) is 0 Å². The lowest BCUT2D eigenvalue weighted by atomic mass is 10.4. The first-order valence-electron chi connectivity index (χ1n) is 3.26. The smallest absolute Gasteiger partial charge is 0.329 e. The van der Waals surface area contributed by atoms with Crippen LogP contribution in [-0.2, 0) is 4.79 Å². The summed E-state index contributed by atoms with van der Waals surface area (Å²) in [5.74, 6) is -1.02. The Hall–Kier alpha value is -0.800. The van der Waals surface area contributed by atoms with Crippen LogP contribution in [0.4, 0.5) is 0 Å². The number of halogens is 1. The van der Waals surface area contributed by atoms with Gasteiger partial charge in [0.05, 0.1) is 5.03 Å². The van der Waals surface area contributed by atoms with E-state index in [4.69, 9.17) is 16.7 Å². The Labute approximate surface area is 79.1 Å². The number of thiophene rings is 1. The minimum atomic E-state index is -1.02. The predicted octanol–water partition coefficient (Wildman–Crippen LogP) is 2.72. The molecule has 0 spiro atoms. The molecule has 0 radical (unpaired) electrons. The molecular formula is C8H7ClO2S. The summed E-state index contributed by atoms with van der Waals surface area (Å²) in [6.07, 6.45) is 0.993. The van der Waals surface area contributed by atoms with Crippen molar-refractivity contribution in [3.8, 4) is 0 Å². The van der Waals surface area contributed by atoms with Crippen LogP contribution in [0.5, 0.6) is 0 Å². The Kier molecular flexibility index (Phi) is 2.89. The predicted molar refractivity (Wildman–Crippen MR) is 50.5 cm³/mol. The van der Waals surface area contributed by atoms with Crippen molar-refractivity contribution in [2.75, 3.05) is 0 Å². The first-order chi connectivity index (χ1) is 5.59. The molecule has 1 rings (SSSR count). The number of carboxylic acid groups (broad SMARTS) is 1. The van der Waals surface area contributed by atoms with E-state index < -0.39 is 5.97 Å². The Morgan fingerprint density at radius 2 is 2.33 bits per heavy atom. The van der Waals surface area contributed by atoms with Crippen molar-refractivity contribution >= 4 is 33.9 Å². The number of aliphatic carboxylic acids is 1. The van der Waals surface area contributed by atoms with Crippen LogP contribution in [0.3, 0.4) is 0 Å². The van der Waals surface area contributed by atoms with Crippen molar-refractivity contribution in [2.45, 2.75) is 6.92 Å². The van der Waals surface area contributed by atoms with Crippen molar-refractivity contribution in [1.29, 1.82) is 0 Å². The fraction of sp³-hybridized carbons (Fsp3) is 0.125. The zero-order valence-corrected chi connectivity index (χ0v) is 7.95. The quantitative estimate of drug-likeness (QED) is 0.749. The molecule has 64 valence electrons. The third kappa shape index (κ3) is 2.36. The summed E-state index contributed by atoms with van der Waals surface area (Å²) in [6, 6.07) is 3.71. The maximum atomic E-state index is 10.2. The van der Waals surface area contributed by atoms with Crippen molar-refractivity contribution in [2.24, 2.45) is 0 Å². The van der Waals surface area contributed by atoms with E-state index in [2.05, 4.69) is 0 Å². The zero-order chi connectivity index (χ0) is 9.14. The van der Waals surface area contributed by atoms with Crippen LogP contribution in [0.1, 0.15) is 9.75 Å². The molecule has 0 fully saturated rings. The van der Waals surface area contributed by atoms with Gasteiger partial charge >= 0.3 is 5.97 Å². The molecule has 12 heavy (non-hydrogen) atoms. The second kappa shape index (κ2) is 3.74. The molecule has 0 atom stereocenters. The molecule has 1 aromatic heterocycles. The summed E-state index contributed by atoms with van der Waals surface area (Å²) in [5.41, 5.74) is 0. The topological polar surface area (TPSA) is 37.3 Å². The zero-order valence-electron chi connectivity index (χ0n) is 6.37. The van der Waals surface area contributed by atoms with Gasteiger partial charge in [-0.25, -0.2) is 4.79 Å². The van der Waals surface area contributed by atoms with E-state index in [0.29, 0.717) is 0 Å². The summed E-state index contributed by atoms with van der Waals surface area (Å²) in [5, 5.41) is 8.67. The van der Waals surface area contributed by atoms with Crippen molar-refractivity contribution in [1.82, 2.24) is 0 Å². The number of aryl methyl sites for hydroxylation is 1. The highest BCUT2D eigenvalue weighted by atomic mass is 35.5. The Bertz CT molecular complexity index is 328. The summed E-state index contributed by atoms with van der Waals surface area (Å²) < 4.78 is 0. The van der Waals surface area contributed by atoms with Gasteiger partial charge < -0.3 is 5.11 Å². The lowest BCUT2D eigenvalue weighted by Gasteiger charge is -1.89. The fourth-order valence-corrected chi connectivity index (χ4v) is 1.79. The minimum absolute atomic E-state index is 0.278. The average molecular weight is 203 g/mol. The van der Waals surface area contributed by atoms with E-state index >= 15 is 0 Å². The highest BCUT2D eigenvalue weighted by molar-refractivity contribution is 7.13. The van der Waals surface area contributed by atoms with E-state index in [1.165, 1.54) is 11.3 Å². The van der Waals surface area contributed by atoms with Crippen LogP contribution in [0.15, 0.2) is 18.2 Å². The lowest BCUT2D eigenvalue weighted by molar-refractivity contribution is -0.131. The fourth-order valence-electron chi connectivity index (χ4n) is 0.742. The van der Waals surface area contributed by atoms with E-state index in [1.54, 1.807) is 0 Å². The van der Waals surface area contributed by atoms with Crippen LogP contribution in [0.25, 0.3) is 5.03 Å². The lowest BCUT2D eigenvalue weighted by Crippen LogP contribution is -1.86. The standard InChI is InChI=1S/C8H7ClO2S/c1-5-2-3-7(12-5)6(9)4-8(10)11/h2-4H,1H3,(H,10,11)/b6-4-. The molecule has 0 aliphatic rings. The average Bonchev–Trinajstić information content (AvgIpc) is 2.34. The second-order valence-electron chi connectivity index (χ2n) is 2.24. The minimum Gasteiger partial charge on any atom is -0.478 e. The highest BCUT2D eigenvalue weighted by Gasteiger charge is 2.02. The highest BCUT2D eigenvalue weighted by Crippen LogP contribution is 2.26. The Balaban J connectivity index is 2.91. The van der Waals surface area contributed by atoms with Gasteiger partial charge in [0.1, 0.15) is 0 Å². The maximum Gasteiger partial charge on any atom is 0.329 e. The first-order valence-corrected chi connectivity index (χ1v) is 4.46. The van der Waals surface area contributed by atoms with Crippen molar-refractivity contribution in [3.05, 3.63) is 28.0 Å². The van der Waals surface area contributed by atoms with Gasteiger partial charge in [0.15, 0.2) is 0 Å². The molecule has 0 aliphatic heterocycles. The molecule has 0 bridgehead atoms. The van der Waals surface area contributed by atoms with Gasteiger partial charge in [0, 0.05) is 15.8 Å². The molecule has 0 aromatic carbocycles. The van der Waals surface area contributed by atoms with Crippen LogP contribution in [0, 0.1) is 6.92 Å². The Morgan fingerprint density at radius 3 is 2.75 bits per heavy atom. The number of carboxylic acids is 1. The summed E-state index contributed by atoms with van der Waals surface area (Å²) in [7, 11) is 0. The molecule has 0 saturated carbocycles. The van der Waals surface area contributed by atoms with Crippen LogP contribution >= 0.6 is 22.9 Å². The first kappa shape index (κ1) is 9.29. The van der Waals surface area contributed by atoms with Crippen molar-refractivity contribution in [3.63, 3.8) is 0 Å². The van der Waals surface area contributed by atoms with Crippen LogP contribution in [0.2, 0.25) is 0 Å². The number of hydrogen-bond acceptors (Lipinski definition) is 2. The van der Waals surface area contributed by atoms with E-state index in [9.17, 15) is 4.79 Å².